The largest absolute Gasteiger partial charge is 0.369 e. The molecule has 0 aliphatic carbocycles. The Morgan fingerprint density at radius 2 is 1.90 bits per heavy atom. The summed E-state index contributed by atoms with van der Waals surface area (Å²) in [6.45, 7) is 12.6. The smallest absolute Gasteiger partial charge is 0.0369 e. The summed E-state index contributed by atoms with van der Waals surface area (Å²) in [5.41, 5.74) is 2.73. The van der Waals surface area contributed by atoms with Crippen LogP contribution in [-0.2, 0) is 0 Å². The van der Waals surface area contributed by atoms with Crippen LogP contribution in [0.3, 0.4) is 0 Å². The number of anilines is 1. The summed E-state index contributed by atoms with van der Waals surface area (Å²) in [6.07, 6.45) is 1.24. The third-order valence-corrected chi connectivity index (χ3v) is 4.90. The number of hydrogen-bond donors (Lipinski definition) is 1. The Balaban J connectivity index is 1.85. The predicted molar refractivity (Wildman–Crippen MR) is 92.1 cm³/mol. The second kappa shape index (κ2) is 7.81. The summed E-state index contributed by atoms with van der Waals surface area (Å²) in [5, 5.41) is 3.50. The van der Waals surface area contributed by atoms with Crippen molar-refractivity contribution < 1.29 is 0 Å². The number of piperazine rings is 1. The van der Waals surface area contributed by atoms with Gasteiger partial charge in [0.2, 0.25) is 0 Å². The van der Waals surface area contributed by atoms with Crippen molar-refractivity contribution in [3.8, 4) is 0 Å². The van der Waals surface area contributed by atoms with E-state index in [1.165, 1.54) is 37.3 Å². The summed E-state index contributed by atoms with van der Waals surface area (Å²) in [4.78, 5) is 5.13. The molecule has 1 N–H and O–H groups in total. The van der Waals surface area contributed by atoms with E-state index in [4.69, 9.17) is 0 Å². The highest BCUT2D eigenvalue weighted by Gasteiger charge is 2.22. The molecule has 3 nitrogen and oxygen atoms in total. The Morgan fingerprint density at radius 1 is 1.19 bits per heavy atom. The van der Waals surface area contributed by atoms with Gasteiger partial charge in [-0.25, -0.2) is 0 Å². The van der Waals surface area contributed by atoms with Gasteiger partial charge in [-0.2, -0.15) is 0 Å². The van der Waals surface area contributed by atoms with Gasteiger partial charge in [-0.3, -0.25) is 4.90 Å². The van der Waals surface area contributed by atoms with Crippen LogP contribution in [0.15, 0.2) is 24.3 Å². The molecule has 1 fully saturated rings. The number of rotatable bonds is 6. The molecule has 0 radical (unpaired) electrons. The van der Waals surface area contributed by atoms with Crippen LogP contribution in [-0.4, -0.2) is 50.7 Å². The molecule has 1 heterocycles. The van der Waals surface area contributed by atoms with E-state index >= 15 is 0 Å². The maximum Gasteiger partial charge on any atom is 0.0369 e. The van der Waals surface area contributed by atoms with Gasteiger partial charge in [-0.05, 0) is 37.6 Å². The molecule has 1 aromatic carbocycles. The van der Waals surface area contributed by atoms with E-state index < -0.39 is 0 Å². The number of nitrogens with one attached hydrogen (secondary N) is 1. The molecule has 1 aliphatic heterocycles. The quantitative estimate of drug-likeness (QED) is 0.869. The minimum Gasteiger partial charge on any atom is -0.369 e. The Hall–Kier alpha value is -1.06. The zero-order chi connectivity index (χ0) is 15.2. The summed E-state index contributed by atoms with van der Waals surface area (Å²) < 4.78 is 0. The molecule has 0 saturated carbocycles. The highest BCUT2D eigenvalue weighted by Crippen LogP contribution is 2.18. The molecular weight excluding hydrogens is 258 g/mol. The number of aryl methyl sites for hydroxylation is 1. The molecular formula is C18H31N3. The van der Waals surface area contributed by atoms with Crippen molar-refractivity contribution >= 4 is 5.69 Å². The minimum atomic E-state index is 0.612. The van der Waals surface area contributed by atoms with E-state index in [1.807, 2.05) is 0 Å². The summed E-state index contributed by atoms with van der Waals surface area (Å²) in [7, 11) is 2.10. The second-order valence-corrected chi connectivity index (χ2v) is 6.41. The van der Waals surface area contributed by atoms with Gasteiger partial charge >= 0.3 is 0 Å². The fourth-order valence-electron chi connectivity index (χ4n) is 3.13. The molecule has 1 aliphatic rings. The SMILES string of the molecule is CCC(C)C(CN1CCN(c2cccc(C)c2)CC1)NC. The fraction of sp³-hybridized carbons (Fsp3) is 0.667. The molecule has 3 heteroatoms. The van der Waals surface area contributed by atoms with Gasteiger partial charge in [0.05, 0.1) is 0 Å². The first-order valence-electron chi connectivity index (χ1n) is 8.35. The first kappa shape index (κ1) is 16.3. The predicted octanol–water partition coefficient (Wildman–Crippen LogP) is 2.75. The normalized spacial score (nSPS) is 19.5. The van der Waals surface area contributed by atoms with E-state index in [-0.39, 0.29) is 0 Å². The summed E-state index contributed by atoms with van der Waals surface area (Å²) in [6, 6.07) is 9.48. The van der Waals surface area contributed by atoms with E-state index in [0.717, 1.165) is 19.0 Å². The first-order chi connectivity index (χ1) is 10.1. The van der Waals surface area contributed by atoms with Gasteiger partial charge in [0.15, 0.2) is 0 Å². The molecule has 0 bridgehead atoms. The molecule has 0 aromatic heterocycles. The summed E-state index contributed by atoms with van der Waals surface area (Å²) >= 11 is 0. The van der Waals surface area contributed by atoms with Crippen molar-refractivity contribution in [2.24, 2.45) is 5.92 Å². The van der Waals surface area contributed by atoms with Crippen molar-refractivity contribution in [1.29, 1.82) is 0 Å². The molecule has 0 amide bonds. The van der Waals surface area contributed by atoms with Crippen LogP contribution in [0.1, 0.15) is 25.8 Å². The van der Waals surface area contributed by atoms with Crippen LogP contribution in [0.25, 0.3) is 0 Å². The van der Waals surface area contributed by atoms with Crippen LogP contribution >= 0.6 is 0 Å². The lowest BCUT2D eigenvalue weighted by atomic mass is 9.98. The average Bonchev–Trinajstić information content (AvgIpc) is 2.52. The number of benzene rings is 1. The fourth-order valence-corrected chi connectivity index (χ4v) is 3.13. The van der Waals surface area contributed by atoms with Crippen LogP contribution in [0.2, 0.25) is 0 Å². The molecule has 0 spiro atoms. The molecule has 118 valence electrons. The summed E-state index contributed by atoms with van der Waals surface area (Å²) in [5.74, 6) is 0.741. The lowest BCUT2D eigenvalue weighted by Crippen LogP contribution is -2.51. The van der Waals surface area contributed by atoms with Gasteiger partial charge < -0.3 is 10.2 Å². The second-order valence-electron chi connectivity index (χ2n) is 6.41. The zero-order valence-corrected chi connectivity index (χ0v) is 14.1. The molecule has 2 rings (SSSR count). The topological polar surface area (TPSA) is 18.5 Å². The molecule has 1 saturated heterocycles. The first-order valence-corrected chi connectivity index (χ1v) is 8.35. The lowest BCUT2D eigenvalue weighted by Gasteiger charge is -2.38. The van der Waals surface area contributed by atoms with Gasteiger partial charge in [-0.1, -0.05) is 32.4 Å². The molecule has 2 unspecified atom stereocenters. The molecule has 1 aromatic rings. The van der Waals surface area contributed by atoms with Gasteiger partial charge in [0.1, 0.15) is 0 Å². The van der Waals surface area contributed by atoms with Crippen LogP contribution in [0, 0.1) is 12.8 Å². The minimum absolute atomic E-state index is 0.612. The van der Waals surface area contributed by atoms with Gasteiger partial charge in [-0.15, -0.1) is 0 Å². The maximum atomic E-state index is 3.50. The molecule has 21 heavy (non-hydrogen) atoms. The molecule has 2 atom stereocenters. The number of likely N-dealkylation sites (N-methyl/N-ethyl adjacent to an activating group) is 1. The van der Waals surface area contributed by atoms with E-state index in [2.05, 4.69) is 67.2 Å². The van der Waals surface area contributed by atoms with Crippen molar-refractivity contribution in [3.63, 3.8) is 0 Å². The van der Waals surface area contributed by atoms with Gasteiger partial charge in [0.25, 0.3) is 0 Å². The number of hydrogen-bond acceptors (Lipinski definition) is 3. The van der Waals surface area contributed by atoms with Crippen molar-refractivity contribution in [2.75, 3.05) is 44.7 Å². The third kappa shape index (κ3) is 4.45. The Morgan fingerprint density at radius 3 is 2.48 bits per heavy atom. The van der Waals surface area contributed by atoms with Crippen molar-refractivity contribution in [3.05, 3.63) is 29.8 Å². The Labute approximate surface area is 130 Å². The lowest BCUT2D eigenvalue weighted by molar-refractivity contribution is 0.206. The third-order valence-electron chi connectivity index (χ3n) is 4.90. The monoisotopic (exact) mass is 289 g/mol. The van der Waals surface area contributed by atoms with Crippen molar-refractivity contribution in [2.45, 2.75) is 33.2 Å². The Bertz CT molecular complexity index is 424. The number of nitrogens with zero attached hydrogens (tertiary/aromatic N) is 2. The highest BCUT2D eigenvalue weighted by atomic mass is 15.3. The van der Waals surface area contributed by atoms with Gasteiger partial charge in [0, 0.05) is 44.5 Å². The van der Waals surface area contributed by atoms with Crippen LogP contribution < -0.4 is 10.2 Å². The van der Waals surface area contributed by atoms with E-state index in [1.54, 1.807) is 0 Å². The van der Waals surface area contributed by atoms with Crippen LogP contribution in [0.5, 0.6) is 0 Å². The highest BCUT2D eigenvalue weighted by molar-refractivity contribution is 5.48. The Kier molecular flexibility index (Phi) is 6.07. The zero-order valence-electron chi connectivity index (χ0n) is 14.1. The van der Waals surface area contributed by atoms with Crippen LogP contribution in [0.4, 0.5) is 5.69 Å². The van der Waals surface area contributed by atoms with E-state index in [0.29, 0.717) is 6.04 Å². The maximum absolute atomic E-state index is 3.50. The average molecular weight is 289 g/mol. The van der Waals surface area contributed by atoms with E-state index in [9.17, 15) is 0 Å². The van der Waals surface area contributed by atoms with Crippen molar-refractivity contribution in [1.82, 2.24) is 10.2 Å². The standard InChI is InChI=1S/C18H31N3/c1-5-16(3)18(19-4)14-20-9-11-21(12-10-20)17-8-6-7-15(2)13-17/h6-8,13,16,18-19H,5,9-12,14H2,1-4H3.